The van der Waals surface area contributed by atoms with Crippen LogP contribution in [-0.4, -0.2) is 0 Å². The molecule has 2 unspecified atom stereocenters. The van der Waals surface area contributed by atoms with Crippen molar-refractivity contribution in [2.24, 2.45) is 5.92 Å². The van der Waals surface area contributed by atoms with Crippen molar-refractivity contribution in [2.75, 3.05) is 9.80 Å². The summed E-state index contributed by atoms with van der Waals surface area (Å²) in [7, 11) is 0. The van der Waals surface area contributed by atoms with Gasteiger partial charge in [-0.3, -0.25) is 0 Å². The third kappa shape index (κ3) is 6.37. The van der Waals surface area contributed by atoms with Gasteiger partial charge in [-0.25, -0.2) is 0 Å². The normalized spacial score (nSPS) is 16.2. The summed E-state index contributed by atoms with van der Waals surface area (Å²) in [6.45, 7) is 15.6. The van der Waals surface area contributed by atoms with Crippen LogP contribution in [-0.2, 0) is 0 Å². The van der Waals surface area contributed by atoms with Gasteiger partial charge in [-0.05, 0) is 148 Å². The fourth-order valence-corrected chi connectivity index (χ4v) is 6.93. The molecule has 6 rings (SSSR count). The predicted octanol–water partition coefficient (Wildman–Crippen LogP) is 12.1. The van der Waals surface area contributed by atoms with Crippen LogP contribution in [0.3, 0.4) is 0 Å². The molecule has 0 saturated heterocycles. The van der Waals surface area contributed by atoms with Crippen molar-refractivity contribution in [3.8, 4) is 0 Å². The van der Waals surface area contributed by atoms with E-state index >= 15 is 0 Å². The Hall–Kier alpha value is -4.82. The number of aryl methyl sites for hydroxylation is 5. The second kappa shape index (κ2) is 12.7. The minimum absolute atomic E-state index is 0.311. The molecule has 0 aliphatic heterocycles. The summed E-state index contributed by atoms with van der Waals surface area (Å²) in [5, 5.41) is 0. The Bertz CT molecular complexity index is 1820. The maximum Gasteiger partial charge on any atom is 0.0464 e. The molecule has 1 aliphatic rings. The first-order valence-corrected chi connectivity index (χ1v) is 16.1. The van der Waals surface area contributed by atoms with Gasteiger partial charge in [0, 0.05) is 40.1 Å². The monoisotopic (exact) mass is 588 g/mol. The molecule has 0 amide bonds. The zero-order valence-electron chi connectivity index (χ0n) is 27.7. The highest BCUT2D eigenvalue weighted by Crippen LogP contribution is 2.44. The van der Waals surface area contributed by atoms with E-state index in [0.717, 1.165) is 0 Å². The number of benzene rings is 5. The molecule has 2 atom stereocenters. The molecule has 0 heterocycles. The lowest BCUT2D eigenvalue weighted by Crippen LogP contribution is -2.22. The topological polar surface area (TPSA) is 6.48 Å². The Labute approximate surface area is 270 Å². The Morgan fingerprint density at radius 3 is 1.29 bits per heavy atom. The standard InChI is InChI=1S/C43H44N2/c1-29-12-8-16-36(22-29)44(37-17-9-13-30(2)23-37)40-20-21-42(33(5)26-40)43-34(6)27-41(28-35(43)7)45(38-18-10-14-31(3)24-38)39-19-11-15-32(4)25-39/h8-28,34,43H,1-7H3. The van der Waals surface area contributed by atoms with Crippen LogP contribution < -0.4 is 9.80 Å². The quantitative estimate of drug-likeness (QED) is 0.187. The summed E-state index contributed by atoms with van der Waals surface area (Å²) in [5.41, 5.74) is 16.2. The molecule has 0 radical (unpaired) electrons. The number of hydrogen-bond donors (Lipinski definition) is 0. The molecule has 2 heteroatoms. The van der Waals surface area contributed by atoms with Crippen molar-refractivity contribution in [1.82, 2.24) is 0 Å². The van der Waals surface area contributed by atoms with E-state index in [1.165, 1.54) is 73.1 Å². The number of anilines is 5. The average molecular weight is 589 g/mol. The molecular weight excluding hydrogens is 544 g/mol. The summed E-state index contributed by atoms with van der Waals surface area (Å²) in [4.78, 5) is 4.79. The molecule has 2 nitrogen and oxygen atoms in total. The number of hydrogen-bond acceptors (Lipinski definition) is 2. The van der Waals surface area contributed by atoms with E-state index in [2.05, 4.69) is 186 Å². The smallest absolute Gasteiger partial charge is 0.0464 e. The van der Waals surface area contributed by atoms with E-state index < -0.39 is 0 Å². The summed E-state index contributed by atoms with van der Waals surface area (Å²) in [5.74, 6) is 0.641. The molecule has 45 heavy (non-hydrogen) atoms. The van der Waals surface area contributed by atoms with Crippen LogP contribution in [0.1, 0.15) is 53.1 Å². The zero-order valence-corrected chi connectivity index (χ0v) is 27.7. The lowest BCUT2D eigenvalue weighted by Gasteiger charge is -2.35. The van der Waals surface area contributed by atoms with Crippen molar-refractivity contribution in [3.63, 3.8) is 0 Å². The SMILES string of the molecule is CC1=CC(N(c2cccc(C)c2)c2cccc(C)c2)=CC(C)C1c1ccc(N(c2cccc(C)c2)c2cccc(C)c2)cc1C. The van der Waals surface area contributed by atoms with Gasteiger partial charge in [0.2, 0.25) is 0 Å². The lowest BCUT2D eigenvalue weighted by molar-refractivity contribution is 0.596. The molecule has 5 aromatic carbocycles. The predicted molar refractivity (Wildman–Crippen MR) is 194 cm³/mol. The van der Waals surface area contributed by atoms with Gasteiger partial charge in [0.25, 0.3) is 0 Å². The van der Waals surface area contributed by atoms with Gasteiger partial charge in [0.1, 0.15) is 0 Å². The number of nitrogens with zero attached hydrogens (tertiary/aromatic N) is 2. The van der Waals surface area contributed by atoms with Crippen LogP contribution in [0, 0.1) is 40.5 Å². The van der Waals surface area contributed by atoms with Crippen LogP contribution in [0.25, 0.3) is 0 Å². The van der Waals surface area contributed by atoms with Crippen LogP contribution in [0.5, 0.6) is 0 Å². The molecule has 5 aromatic rings. The molecule has 1 aliphatic carbocycles. The summed E-state index contributed by atoms with van der Waals surface area (Å²) in [6.07, 6.45) is 4.86. The molecule has 0 saturated carbocycles. The van der Waals surface area contributed by atoms with Gasteiger partial charge >= 0.3 is 0 Å². The Balaban J connectivity index is 1.37. The number of allylic oxidation sites excluding steroid dienone is 3. The van der Waals surface area contributed by atoms with Gasteiger partial charge in [-0.2, -0.15) is 0 Å². The second-order valence-corrected chi connectivity index (χ2v) is 12.9. The Morgan fingerprint density at radius 1 is 0.467 bits per heavy atom. The Kier molecular flexibility index (Phi) is 8.50. The van der Waals surface area contributed by atoms with Crippen LogP contribution in [0.15, 0.2) is 139 Å². The Morgan fingerprint density at radius 2 is 0.889 bits per heavy atom. The zero-order chi connectivity index (χ0) is 31.7. The van der Waals surface area contributed by atoms with E-state index in [1.807, 2.05) is 0 Å². The van der Waals surface area contributed by atoms with Crippen LogP contribution >= 0.6 is 0 Å². The summed E-state index contributed by atoms with van der Waals surface area (Å²) < 4.78 is 0. The van der Waals surface area contributed by atoms with E-state index in [4.69, 9.17) is 0 Å². The third-order valence-corrected chi connectivity index (χ3v) is 8.97. The second-order valence-electron chi connectivity index (χ2n) is 12.9. The maximum atomic E-state index is 2.46. The van der Waals surface area contributed by atoms with Crippen molar-refractivity contribution in [3.05, 3.63) is 172 Å². The van der Waals surface area contributed by atoms with E-state index in [-0.39, 0.29) is 0 Å². The summed E-state index contributed by atoms with van der Waals surface area (Å²) >= 11 is 0. The van der Waals surface area contributed by atoms with E-state index in [1.54, 1.807) is 0 Å². The average Bonchev–Trinajstić information content (AvgIpc) is 2.98. The highest BCUT2D eigenvalue weighted by Gasteiger charge is 2.28. The van der Waals surface area contributed by atoms with Gasteiger partial charge in [-0.15, -0.1) is 0 Å². The fourth-order valence-electron chi connectivity index (χ4n) is 6.93. The van der Waals surface area contributed by atoms with Gasteiger partial charge in [0.15, 0.2) is 0 Å². The van der Waals surface area contributed by atoms with E-state index in [9.17, 15) is 0 Å². The van der Waals surface area contributed by atoms with Crippen molar-refractivity contribution >= 4 is 28.4 Å². The molecule has 0 aromatic heterocycles. The molecular formula is C43H44N2. The minimum Gasteiger partial charge on any atom is -0.311 e. The van der Waals surface area contributed by atoms with Gasteiger partial charge < -0.3 is 9.80 Å². The fraction of sp³-hybridized carbons (Fsp3) is 0.209. The van der Waals surface area contributed by atoms with Crippen LogP contribution in [0.2, 0.25) is 0 Å². The molecule has 0 spiro atoms. The first kappa shape index (κ1) is 30.2. The van der Waals surface area contributed by atoms with Crippen molar-refractivity contribution in [2.45, 2.75) is 54.4 Å². The minimum atomic E-state index is 0.311. The van der Waals surface area contributed by atoms with Crippen molar-refractivity contribution in [1.29, 1.82) is 0 Å². The molecule has 226 valence electrons. The summed E-state index contributed by atoms with van der Waals surface area (Å²) in [6, 6.07) is 42.2. The number of rotatable bonds is 7. The van der Waals surface area contributed by atoms with Crippen molar-refractivity contribution < 1.29 is 0 Å². The largest absolute Gasteiger partial charge is 0.311 e. The maximum absolute atomic E-state index is 2.46. The molecule has 0 fully saturated rings. The van der Waals surface area contributed by atoms with Crippen LogP contribution in [0.4, 0.5) is 28.4 Å². The first-order valence-electron chi connectivity index (χ1n) is 16.1. The van der Waals surface area contributed by atoms with E-state index in [0.29, 0.717) is 11.8 Å². The molecule has 0 bridgehead atoms. The first-order chi connectivity index (χ1) is 21.7. The third-order valence-electron chi connectivity index (χ3n) is 8.97. The lowest BCUT2D eigenvalue weighted by atomic mass is 9.76. The highest BCUT2D eigenvalue weighted by atomic mass is 15.2. The van der Waals surface area contributed by atoms with Gasteiger partial charge in [0.05, 0.1) is 0 Å². The van der Waals surface area contributed by atoms with Gasteiger partial charge in [-0.1, -0.05) is 73.2 Å². The highest BCUT2D eigenvalue weighted by molar-refractivity contribution is 5.78. The molecule has 0 N–H and O–H groups in total.